The summed E-state index contributed by atoms with van der Waals surface area (Å²) in [6, 6.07) is 7.24. The van der Waals surface area contributed by atoms with E-state index in [1.165, 1.54) is 16.7 Å². The third-order valence-electron chi connectivity index (χ3n) is 4.71. The lowest BCUT2D eigenvalue weighted by atomic mass is 9.92. The van der Waals surface area contributed by atoms with E-state index in [-0.39, 0.29) is 6.04 Å². The summed E-state index contributed by atoms with van der Waals surface area (Å²) in [5.41, 5.74) is 7.03. The quantitative estimate of drug-likeness (QED) is 0.645. The number of likely N-dealkylation sites (N-methyl/N-ethyl adjacent to an activating group) is 2. The Hall–Kier alpha value is -0.940. The lowest BCUT2D eigenvalue weighted by Gasteiger charge is -2.39. The summed E-state index contributed by atoms with van der Waals surface area (Å²) < 4.78 is 0. The Bertz CT molecular complexity index is 446. The molecule has 0 radical (unpaired) electrons. The van der Waals surface area contributed by atoms with Crippen LogP contribution in [-0.4, -0.2) is 49.6 Å². The normalized spacial score (nSPS) is 22.9. The van der Waals surface area contributed by atoms with Crippen molar-refractivity contribution < 1.29 is 0 Å². The SMILES string of the molecule is Cc1cccc(C(CC2CN(C)CCN2C)NN)c1C. The van der Waals surface area contributed by atoms with Crippen LogP contribution in [-0.2, 0) is 0 Å². The van der Waals surface area contributed by atoms with E-state index in [0.29, 0.717) is 6.04 Å². The van der Waals surface area contributed by atoms with Crippen LogP contribution in [0.15, 0.2) is 18.2 Å². The summed E-state index contributed by atoms with van der Waals surface area (Å²) in [5.74, 6) is 5.84. The Morgan fingerprint density at radius 2 is 2.05 bits per heavy atom. The third-order valence-corrected chi connectivity index (χ3v) is 4.71. The van der Waals surface area contributed by atoms with Crippen LogP contribution in [0.2, 0.25) is 0 Å². The zero-order valence-corrected chi connectivity index (χ0v) is 13.2. The first-order chi connectivity index (χ1) is 9.52. The Kier molecular flexibility index (Phi) is 5.16. The molecule has 2 rings (SSSR count). The van der Waals surface area contributed by atoms with Gasteiger partial charge in [-0.25, -0.2) is 0 Å². The van der Waals surface area contributed by atoms with Crippen molar-refractivity contribution >= 4 is 0 Å². The molecule has 0 amide bonds. The van der Waals surface area contributed by atoms with Gasteiger partial charge >= 0.3 is 0 Å². The molecule has 1 saturated heterocycles. The highest BCUT2D eigenvalue weighted by molar-refractivity contribution is 5.35. The maximum absolute atomic E-state index is 5.84. The molecule has 0 spiro atoms. The van der Waals surface area contributed by atoms with Crippen LogP contribution in [0.4, 0.5) is 0 Å². The second-order valence-electron chi connectivity index (χ2n) is 6.14. The fourth-order valence-electron chi connectivity index (χ4n) is 3.06. The van der Waals surface area contributed by atoms with E-state index in [2.05, 4.69) is 61.4 Å². The van der Waals surface area contributed by atoms with Gasteiger partial charge in [0.1, 0.15) is 0 Å². The number of piperazine rings is 1. The summed E-state index contributed by atoms with van der Waals surface area (Å²) in [5, 5.41) is 0. The number of hydrogen-bond donors (Lipinski definition) is 2. The first-order valence-corrected chi connectivity index (χ1v) is 7.44. The van der Waals surface area contributed by atoms with Crippen molar-refractivity contribution in [2.24, 2.45) is 5.84 Å². The number of aryl methyl sites for hydroxylation is 1. The van der Waals surface area contributed by atoms with Gasteiger partial charge in [0, 0.05) is 31.7 Å². The average molecular weight is 276 g/mol. The molecule has 112 valence electrons. The highest BCUT2D eigenvalue weighted by Gasteiger charge is 2.26. The van der Waals surface area contributed by atoms with E-state index in [0.717, 1.165) is 26.1 Å². The number of hydrazine groups is 1. The summed E-state index contributed by atoms with van der Waals surface area (Å²) in [6.45, 7) is 7.74. The molecule has 4 nitrogen and oxygen atoms in total. The Morgan fingerprint density at radius 1 is 1.30 bits per heavy atom. The zero-order chi connectivity index (χ0) is 14.7. The number of nitrogens with two attached hydrogens (primary N) is 1. The molecule has 4 heteroatoms. The minimum atomic E-state index is 0.217. The van der Waals surface area contributed by atoms with Crippen molar-refractivity contribution in [3.63, 3.8) is 0 Å². The van der Waals surface area contributed by atoms with Crippen LogP contribution in [0.1, 0.15) is 29.2 Å². The van der Waals surface area contributed by atoms with Gasteiger partial charge in [-0.15, -0.1) is 0 Å². The molecule has 1 aromatic carbocycles. The zero-order valence-electron chi connectivity index (χ0n) is 13.2. The highest BCUT2D eigenvalue weighted by Crippen LogP contribution is 2.25. The van der Waals surface area contributed by atoms with Crippen molar-refractivity contribution in [1.29, 1.82) is 0 Å². The lowest BCUT2D eigenvalue weighted by molar-refractivity contribution is 0.101. The Labute approximate surface area is 122 Å². The number of rotatable bonds is 4. The predicted octanol–water partition coefficient (Wildman–Crippen LogP) is 1.44. The van der Waals surface area contributed by atoms with E-state index in [4.69, 9.17) is 5.84 Å². The monoisotopic (exact) mass is 276 g/mol. The van der Waals surface area contributed by atoms with Gasteiger partial charge in [0.2, 0.25) is 0 Å². The molecule has 3 N–H and O–H groups in total. The van der Waals surface area contributed by atoms with Gasteiger partial charge in [-0.2, -0.15) is 0 Å². The third kappa shape index (κ3) is 3.38. The number of hydrogen-bond acceptors (Lipinski definition) is 4. The van der Waals surface area contributed by atoms with Gasteiger partial charge in [-0.05, 0) is 51.1 Å². The number of nitrogens with one attached hydrogen (secondary N) is 1. The summed E-state index contributed by atoms with van der Waals surface area (Å²) >= 11 is 0. The van der Waals surface area contributed by atoms with E-state index in [1.54, 1.807) is 0 Å². The molecule has 0 aliphatic carbocycles. The fourth-order valence-corrected chi connectivity index (χ4v) is 3.06. The molecule has 1 fully saturated rings. The van der Waals surface area contributed by atoms with E-state index >= 15 is 0 Å². The topological polar surface area (TPSA) is 44.5 Å². The van der Waals surface area contributed by atoms with Crippen LogP contribution in [0.5, 0.6) is 0 Å². The van der Waals surface area contributed by atoms with Crippen molar-refractivity contribution in [2.75, 3.05) is 33.7 Å². The molecular formula is C16H28N4. The van der Waals surface area contributed by atoms with E-state index in [1.807, 2.05) is 0 Å². The first kappa shape index (κ1) is 15.4. The summed E-state index contributed by atoms with van der Waals surface area (Å²) in [7, 11) is 4.41. The first-order valence-electron chi connectivity index (χ1n) is 7.44. The molecule has 1 aromatic rings. The maximum Gasteiger partial charge on any atom is 0.0478 e. The minimum absolute atomic E-state index is 0.217. The van der Waals surface area contributed by atoms with Crippen LogP contribution in [0.3, 0.4) is 0 Å². The highest BCUT2D eigenvalue weighted by atomic mass is 15.3. The molecule has 0 aromatic heterocycles. The molecule has 0 bridgehead atoms. The predicted molar refractivity (Wildman–Crippen MR) is 84.5 cm³/mol. The molecule has 1 aliphatic heterocycles. The van der Waals surface area contributed by atoms with Crippen LogP contribution < -0.4 is 11.3 Å². The minimum Gasteiger partial charge on any atom is -0.304 e. The molecule has 2 atom stereocenters. The molecule has 1 aliphatic rings. The van der Waals surface area contributed by atoms with Crippen LogP contribution in [0.25, 0.3) is 0 Å². The lowest BCUT2D eigenvalue weighted by Crippen LogP contribution is -2.51. The second kappa shape index (κ2) is 6.68. The van der Waals surface area contributed by atoms with E-state index in [9.17, 15) is 0 Å². The Balaban J connectivity index is 2.14. The summed E-state index contributed by atoms with van der Waals surface area (Å²) in [6.07, 6.45) is 1.04. The van der Waals surface area contributed by atoms with Gasteiger partial charge < -0.3 is 9.80 Å². The Morgan fingerprint density at radius 3 is 2.75 bits per heavy atom. The van der Waals surface area contributed by atoms with Crippen LogP contribution in [0, 0.1) is 13.8 Å². The van der Waals surface area contributed by atoms with Crippen molar-refractivity contribution in [3.05, 3.63) is 34.9 Å². The molecule has 1 heterocycles. The number of nitrogens with zero attached hydrogens (tertiary/aromatic N) is 2. The molecule has 2 unspecified atom stereocenters. The largest absolute Gasteiger partial charge is 0.304 e. The molecule has 0 saturated carbocycles. The maximum atomic E-state index is 5.84. The number of benzene rings is 1. The second-order valence-corrected chi connectivity index (χ2v) is 6.14. The van der Waals surface area contributed by atoms with Gasteiger partial charge in [0.25, 0.3) is 0 Å². The van der Waals surface area contributed by atoms with Crippen molar-refractivity contribution in [1.82, 2.24) is 15.2 Å². The average Bonchev–Trinajstić information content (AvgIpc) is 2.43. The van der Waals surface area contributed by atoms with Gasteiger partial charge in [-0.1, -0.05) is 18.2 Å². The molecular weight excluding hydrogens is 248 g/mol. The smallest absolute Gasteiger partial charge is 0.0478 e. The standard InChI is InChI=1S/C16H28N4/c1-12-6-5-7-15(13(12)2)16(18-17)10-14-11-19(3)8-9-20(14)4/h5-7,14,16,18H,8-11,17H2,1-4H3. The van der Waals surface area contributed by atoms with Gasteiger partial charge in [-0.3, -0.25) is 11.3 Å². The summed E-state index contributed by atoms with van der Waals surface area (Å²) in [4.78, 5) is 4.86. The van der Waals surface area contributed by atoms with Gasteiger partial charge in [0.15, 0.2) is 0 Å². The fraction of sp³-hybridized carbons (Fsp3) is 0.625. The van der Waals surface area contributed by atoms with Crippen molar-refractivity contribution in [2.45, 2.75) is 32.4 Å². The van der Waals surface area contributed by atoms with Crippen molar-refractivity contribution in [3.8, 4) is 0 Å². The van der Waals surface area contributed by atoms with Crippen LogP contribution >= 0.6 is 0 Å². The van der Waals surface area contributed by atoms with Gasteiger partial charge in [0.05, 0.1) is 0 Å². The molecule has 20 heavy (non-hydrogen) atoms. The van der Waals surface area contributed by atoms with E-state index < -0.39 is 0 Å².